The lowest BCUT2D eigenvalue weighted by Gasteiger charge is -2.19. The number of hydrogen-bond donors (Lipinski definition) is 3. The molecule has 0 heterocycles. The standard InChI is InChI=1S/C20H24FN3O/c1-2-22-19(23-13-15-5-3-8-18(25)11-15)24-14-20(9-10-20)16-6-4-7-17(21)12-16/h3-8,11-12,25H,2,9-10,13-14H2,1H3,(H2,22,23,24). The highest BCUT2D eigenvalue weighted by molar-refractivity contribution is 5.80. The molecule has 0 spiro atoms. The second-order valence-electron chi connectivity index (χ2n) is 6.51. The van der Waals surface area contributed by atoms with Gasteiger partial charge in [0.25, 0.3) is 0 Å². The van der Waals surface area contributed by atoms with Gasteiger partial charge in [-0.25, -0.2) is 9.38 Å². The molecule has 0 atom stereocenters. The lowest BCUT2D eigenvalue weighted by atomic mass is 9.96. The number of nitrogens with zero attached hydrogens (tertiary/aromatic N) is 1. The maximum atomic E-state index is 13.5. The maximum Gasteiger partial charge on any atom is 0.191 e. The van der Waals surface area contributed by atoms with Gasteiger partial charge in [0.2, 0.25) is 0 Å². The Hall–Kier alpha value is -2.56. The molecular formula is C20H24FN3O. The zero-order valence-corrected chi connectivity index (χ0v) is 14.4. The highest BCUT2D eigenvalue weighted by atomic mass is 19.1. The van der Waals surface area contributed by atoms with E-state index in [0.29, 0.717) is 6.54 Å². The van der Waals surface area contributed by atoms with Crippen LogP contribution < -0.4 is 10.6 Å². The predicted molar refractivity (Wildman–Crippen MR) is 98.2 cm³/mol. The van der Waals surface area contributed by atoms with Crippen molar-refractivity contribution in [2.45, 2.75) is 31.7 Å². The molecule has 3 rings (SSSR count). The third kappa shape index (κ3) is 4.50. The fourth-order valence-corrected chi connectivity index (χ4v) is 2.96. The fourth-order valence-electron chi connectivity index (χ4n) is 2.96. The Morgan fingerprint density at radius 3 is 2.64 bits per heavy atom. The Kier molecular flexibility index (Phi) is 5.22. The van der Waals surface area contributed by atoms with Crippen molar-refractivity contribution in [2.24, 2.45) is 4.99 Å². The number of phenolic OH excluding ortho intramolecular Hbond substituents is 1. The van der Waals surface area contributed by atoms with Gasteiger partial charge in [0.1, 0.15) is 11.6 Å². The van der Waals surface area contributed by atoms with Gasteiger partial charge in [-0.15, -0.1) is 0 Å². The van der Waals surface area contributed by atoms with E-state index in [1.54, 1.807) is 24.3 Å². The first-order valence-corrected chi connectivity index (χ1v) is 8.67. The van der Waals surface area contributed by atoms with Crippen molar-refractivity contribution < 1.29 is 9.50 Å². The molecule has 0 unspecified atom stereocenters. The number of guanidine groups is 1. The number of aromatic hydroxyl groups is 1. The van der Waals surface area contributed by atoms with Crippen LogP contribution in [0.15, 0.2) is 53.5 Å². The Morgan fingerprint density at radius 2 is 1.96 bits per heavy atom. The van der Waals surface area contributed by atoms with Crippen LogP contribution >= 0.6 is 0 Å². The smallest absolute Gasteiger partial charge is 0.191 e. The lowest BCUT2D eigenvalue weighted by Crippen LogP contribution is -2.41. The summed E-state index contributed by atoms with van der Waals surface area (Å²) >= 11 is 0. The number of phenols is 1. The van der Waals surface area contributed by atoms with Crippen molar-refractivity contribution in [3.05, 3.63) is 65.5 Å². The summed E-state index contributed by atoms with van der Waals surface area (Å²) in [6.07, 6.45) is 2.10. The van der Waals surface area contributed by atoms with Crippen LogP contribution in [0.5, 0.6) is 5.75 Å². The normalized spacial score (nSPS) is 15.7. The number of rotatable bonds is 6. The third-order valence-electron chi connectivity index (χ3n) is 4.56. The molecule has 2 aromatic carbocycles. The predicted octanol–water partition coefficient (Wildman–Crippen LogP) is 3.32. The summed E-state index contributed by atoms with van der Waals surface area (Å²) in [6.45, 7) is 3.99. The Labute approximate surface area is 147 Å². The Bertz CT molecular complexity index is 756. The van der Waals surface area contributed by atoms with Gasteiger partial charge in [-0.2, -0.15) is 0 Å². The zero-order valence-electron chi connectivity index (χ0n) is 14.4. The van der Waals surface area contributed by atoms with Crippen LogP contribution in [0.1, 0.15) is 30.9 Å². The van der Waals surface area contributed by atoms with E-state index in [4.69, 9.17) is 0 Å². The summed E-state index contributed by atoms with van der Waals surface area (Å²) in [5.74, 6) is 0.787. The van der Waals surface area contributed by atoms with E-state index in [9.17, 15) is 9.50 Å². The van der Waals surface area contributed by atoms with Crippen LogP contribution in [0.25, 0.3) is 0 Å². The van der Waals surface area contributed by atoms with Crippen LogP contribution in [-0.2, 0) is 12.0 Å². The van der Waals surface area contributed by atoms with Gasteiger partial charge in [-0.3, -0.25) is 0 Å². The van der Waals surface area contributed by atoms with E-state index >= 15 is 0 Å². The Balaban J connectivity index is 1.65. The van der Waals surface area contributed by atoms with E-state index in [-0.39, 0.29) is 17.0 Å². The van der Waals surface area contributed by atoms with E-state index in [1.807, 2.05) is 25.1 Å². The van der Waals surface area contributed by atoms with Crippen LogP contribution in [0.3, 0.4) is 0 Å². The van der Waals surface area contributed by atoms with E-state index < -0.39 is 0 Å². The number of halogens is 1. The molecule has 0 saturated heterocycles. The third-order valence-corrected chi connectivity index (χ3v) is 4.56. The topological polar surface area (TPSA) is 56.7 Å². The summed E-state index contributed by atoms with van der Waals surface area (Å²) in [5.41, 5.74) is 2.00. The average molecular weight is 341 g/mol. The van der Waals surface area contributed by atoms with E-state index in [0.717, 1.165) is 43.0 Å². The molecule has 0 amide bonds. The second kappa shape index (κ2) is 7.55. The van der Waals surface area contributed by atoms with Crippen molar-refractivity contribution in [1.29, 1.82) is 0 Å². The molecule has 4 nitrogen and oxygen atoms in total. The number of hydrogen-bond acceptors (Lipinski definition) is 2. The summed E-state index contributed by atoms with van der Waals surface area (Å²) in [4.78, 5) is 4.58. The largest absolute Gasteiger partial charge is 0.508 e. The number of benzene rings is 2. The average Bonchev–Trinajstić information content (AvgIpc) is 3.39. The van der Waals surface area contributed by atoms with Gasteiger partial charge in [0, 0.05) is 18.5 Å². The minimum atomic E-state index is -0.187. The van der Waals surface area contributed by atoms with Gasteiger partial charge >= 0.3 is 0 Å². The van der Waals surface area contributed by atoms with Crippen molar-refractivity contribution >= 4 is 5.96 Å². The SMILES string of the molecule is CCNC(=NCc1cccc(O)c1)NCC1(c2cccc(F)c2)CC1. The van der Waals surface area contributed by atoms with Gasteiger partial charge in [0.05, 0.1) is 6.54 Å². The monoisotopic (exact) mass is 341 g/mol. The highest BCUT2D eigenvalue weighted by Crippen LogP contribution is 2.47. The van der Waals surface area contributed by atoms with Gasteiger partial charge in [-0.1, -0.05) is 24.3 Å². The minimum Gasteiger partial charge on any atom is -0.508 e. The second-order valence-corrected chi connectivity index (χ2v) is 6.51. The molecule has 1 fully saturated rings. The first kappa shape index (κ1) is 17.3. The van der Waals surface area contributed by atoms with Gasteiger partial charge in [0.15, 0.2) is 5.96 Å². The molecule has 1 aliphatic rings. The van der Waals surface area contributed by atoms with Crippen LogP contribution in [0.4, 0.5) is 4.39 Å². The molecule has 0 bridgehead atoms. The Morgan fingerprint density at radius 1 is 1.16 bits per heavy atom. The van der Waals surface area contributed by atoms with Crippen molar-refractivity contribution in [3.63, 3.8) is 0 Å². The van der Waals surface area contributed by atoms with E-state index in [1.165, 1.54) is 6.07 Å². The van der Waals surface area contributed by atoms with E-state index in [2.05, 4.69) is 15.6 Å². The van der Waals surface area contributed by atoms with Crippen LogP contribution in [0.2, 0.25) is 0 Å². The van der Waals surface area contributed by atoms with Gasteiger partial charge < -0.3 is 15.7 Å². The zero-order chi connectivity index (χ0) is 17.7. The lowest BCUT2D eigenvalue weighted by molar-refractivity contribution is 0.474. The first-order valence-electron chi connectivity index (χ1n) is 8.67. The first-order chi connectivity index (χ1) is 12.1. The highest BCUT2D eigenvalue weighted by Gasteiger charge is 2.44. The molecule has 0 radical (unpaired) electrons. The van der Waals surface area contributed by atoms with Crippen molar-refractivity contribution in [3.8, 4) is 5.75 Å². The molecule has 5 heteroatoms. The number of nitrogens with one attached hydrogen (secondary N) is 2. The minimum absolute atomic E-state index is 0.00328. The molecule has 0 aromatic heterocycles. The van der Waals surface area contributed by atoms with Gasteiger partial charge in [-0.05, 0) is 55.2 Å². The van der Waals surface area contributed by atoms with Crippen molar-refractivity contribution in [2.75, 3.05) is 13.1 Å². The van der Waals surface area contributed by atoms with Crippen LogP contribution in [-0.4, -0.2) is 24.2 Å². The molecule has 1 saturated carbocycles. The molecule has 132 valence electrons. The molecule has 25 heavy (non-hydrogen) atoms. The quantitative estimate of drug-likeness (QED) is 0.558. The summed E-state index contributed by atoms with van der Waals surface area (Å²) in [6, 6.07) is 14.0. The van der Waals surface area contributed by atoms with Crippen LogP contribution in [0, 0.1) is 5.82 Å². The summed E-state index contributed by atoms with van der Waals surface area (Å²) < 4.78 is 13.5. The summed E-state index contributed by atoms with van der Waals surface area (Å²) in [7, 11) is 0. The molecule has 1 aliphatic carbocycles. The maximum absolute atomic E-state index is 13.5. The fraction of sp³-hybridized carbons (Fsp3) is 0.350. The molecule has 0 aliphatic heterocycles. The molecule has 3 N–H and O–H groups in total. The summed E-state index contributed by atoms with van der Waals surface area (Å²) in [5, 5.41) is 16.2. The molecular weight excluding hydrogens is 317 g/mol. The molecule has 2 aromatic rings. The number of aliphatic imine (C=N–C) groups is 1. The van der Waals surface area contributed by atoms with Crippen molar-refractivity contribution in [1.82, 2.24) is 10.6 Å².